The fourth-order valence-electron chi connectivity index (χ4n) is 2.82. The topological polar surface area (TPSA) is 85.3 Å². The summed E-state index contributed by atoms with van der Waals surface area (Å²) < 4.78 is 10.5. The van der Waals surface area contributed by atoms with Gasteiger partial charge in [-0.1, -0.05) is 23.8 Å². The molecule has 0 aromatic heterocycles. The van der Waals surface area contributed by atoms with E-state index < -0.39 is 11.9 Å². The summed E-state index contributed by atoms with van der Waals surface area (Å²) in [5.74, 6) is -0.670. The molecule has 1 aromatic carbocycles. The van der Waals surface area contributed by atoms with Crippen LogP contribution in [-0.2, 0) is 14.3 Å². The van der Waals surface area contributed by atoms with Gasteiger partial charge in [0.1, 0.15) is 17.4 Å². The number of nitrogens with zero attached hydrogens (tertiary/aromatic N) is 1. The van der Waals surface area contributed by atoms with Gasteiger partial charge >= 0.3 is 5.97 Å². The maximum Gasteiger partial charge on any atom is 0.338 e. The van der Waals surface area contributed by atoms with Gasteiger partial charge in [0.25, 0.3) is 0 Å². The summed E-state index contributed by atoms with van der Waals surface area (Å²) in [7, 11) is 0. The van der Waals surface area contributed by atoms with Crippen molar-refractivity contribution in [1.29, 1.82) is 5.26 Å². The fraction of sp³-hybridized carbons (Fsp3) is 0.333. The molecule has 0 radical (unpaired) electrons. The zero-order valence-corrected chi connectivity index (χ0v) is 13.8. The van der Waals surface area contributed by atoms with Crippen molar-refractivity contribution in [3.05, 3.63) is 57.7 Å². The van der Waals surface area contributed by atoms with Gasteiger partial charge in [0.15, 0.2) is 0 Å². The summed E-state index contributed by atoms with van der Waals surface area (Å²) in [5.41, 5.74) is 9.35. The average Bonchev–Trinajstić information content (AvgIpc) is 2.46. The van der Waals surface area contributed by atoms with Crippen LogP contribution in [0.1, 0.15) is 36.5 Å². The largest absolute Gasteiger partial charge is 0.463 e. The molecular weight excluding hydrogens is 292 g/mol. The van der Waals surface area contributed by atoms with E-state index in [-0.39, 0.29) is 18.1 Å². The van der Waals surface area contributed by atoms with Crippen molar-refractivity contribution in [2.45, 2.75) is 33.6 Å². The Morgan fingerprint density at radius 2 is 2.09 bits per heavy atom. The highest BCUT2D eigenvalue weighted by Gasteiger charge is 2.36. The standard InChI is InChI=1S/C18H20N2O3/c1-5-22-18(21)15-12(4)23-17(20)14(9-19)16(15)13-7-6-10(2)8-11(13)3/h6-8,16H,5,20H2,1-4H3/t16-/m0/s1. The monoisotopic (exact) mass is 312 g/mol. The van der Waals surface area contributed by atoms with Crippen LogP contribution < -0.4 is 5.73 Å². The van der Waals surface area contributed by atoms with Crippen LogP contribution in [0.4, 0.5) is 0 Å². The predicted molar refractivity (Wildman–Crippen MR) is 85.9 cm³/mol. The lowest BCUT2D eigenvalue weighted by molar-refractivity contribution is -0.139. The minimum atomic E-state index is -0.576. The van der Waals surface area contributed by atoms with E-state index in [1.165, 1.54) is 0 Å². The van der Waals surface area contributed by atoms with Crippen LogP contribution in [0.3, 0.4) is 0 Å². The third kappa shape index (κ3) is 3.07. The Hall–Kier alpha value is -2.74. The Balaban J connectivity index is 2.66. The number of allylic oxidation sites excluding steroid dienone is 2. The Morgan fingerprint density at radius 1 is 1.39 bits per heavy atom. The van der Waals surface area contributed by atoms with Gasteiger partial charge in [-0.05, 0) is 38.8 Å². The summed E-state index contributed by atoms with van der Waals surface area (Å²) in [4.78, 5) is 12.4. The number of ether oxygens (including phenoxy) is 2. The first-order valence-corrected chi connectivity index (χ1v) is 7.43. The number of aryl methyl sites for hydroxylation is 2. The molecule has 1 aliphatic rings. The molecule has 0 aliphatic carbocycles. The Bertz CT molecular complexity index is 754. The normalized spacial score (nSPS) is 17.6. The minimum Gasteiger partial charge on any atom is -0.463 e. The molecule has 120 valence electrons. The van der Waals surface area contributed by atoms with Crippen LogP contribution in [0.25, 0.3) is 0 Å². The second-order valence-electron chi connectivity index (χ2n) is 5.48. The molecule has 1 atom stereocenters. The van der Waals surface area contributed by atoms with Crippen LogP contribution in [-0.4, -0.2) is 12.6 Å². The highest BCUT2D eigenvalue weighted by molar-refractivity contribution is 5.92. The van der Waals surface area contributed by atoms with Gasteiger partial charge in [-0.15, -0.1) is 0 Å². The van der Waals surface area contributed by atoms with Crippen LogP contribution in [0.2, 0.25) is 0 Å². The van der Waals surface area contributed by atoms with E-state index >= 15 is 0 Å². The van der Waals surface area contributed by atoms with Crippen molar-refractivity contribution in [2.75, 3.05) is 6.61 Å². The second kappa shape index (κ2) is 6.57. The minimum absolute atomic E-state index is 0.0306. The SMILES string of the molecule is CCOC(=O)C1=C(C)OC(N)=C(C#N)[C@@H]1c1ccc(C)cc1C. The van der Waals surface area contributed by atoms with E-state index in [4.69, 9.17) is 15.2 Å². The summed E-state index contributed by atoms with van der Waals surface area (Å²) in [6.07, 6.45) is 0. The van der Waals surface area contributed by atoms with Gasteiger partial charge in [0, 0.05) is 0 Å². The third-order valence-corrected chi connectivity index (χ3v) is 3.84. The molecule has 1 heterocycles. The third-order valence-electron chi connectivity index (χ3n) is 3.84. The first-order valence-electron chi connectivity index (χ1n) is 7.43. The number of rotatable bonds is 3. The van der Waals surface area contributed by atoms with E-state index in [1.54, 1.807) is 13.8 Å². The van der Waals surface area contributed by atoms with Crippen molar-refractivity contribution >= 4 is 5.97 Å². The first kappa shape index (κ1) is 16.6. The molecule has 5 heteroatoms. The molecule has 2 rings (SSSR count). The number of nitriles is 1. The van der Waals surface area contributed by atoms with Gasteiger partial charge < -0.3 is 15.2 Å². The maximum atomic E-state index is 12.4. The number of benzene rings is 1. The van der Waals surface area contributed by atoms with Crippen molar-refractivity contribution in [1.82, 2.24) is 0 Å². The zero-order chi connectivity index (χ0) is 17.1. The average molecular weight is 312 g/mol. The van der Waals surface area contributed by atoms with Gasteiger partial charge in [0.05, 0.1) is 18.1 Å². The maximum absolute atomic E-state index is 12.4. The van der Waals surface area contributed by atoms with Crippen LogP contribution in [0, 0.1) is 25.2 Å². The number of esters is 1. The van der Waals surface area contributed by atoms with Crippen LogP contribution in [0.15, 0.2) is 41.0 Å². The quantitative estimate of drug-likeness (QED) is 0.867. The summed E-state index contributed by atoms with van der Waals surface area (Å²) in [6, 6.07) is 7.95. The predicted octanol–water partition coefficient (Wildman–Crippen LogP) is 2.95. The van der Waals surface area contributed by atoms with E-state index in [9.17, 15) is 10.1 Å². The van der Waals surface area contributed by atoms with Gasteiger partial charge in [-0.3, -0.25) is 0 Å². The number of nitrogens with two attached hydrogens (primary N) is 1. The van der Waals surface area contributed by atoms with Crippen LogP contribution >= 0.6 is 0 Å². The first-order chi connectivity index (χ1) is 10.9. The Kier molecular flexibility index (Phi) is 4.75. The lowest BCUT2D eigenvalue weighted by atomic mass is 9.81. The van der Waals surface area contributed by atoms with E-state index in [0.29, 0.717) is 11.3 Å². The molecular formula is C18H20N2O3. The molecule has 23 heavy (non-hydrogen) atoms. The lowest BCUT2D eigenvalue weighted by Gasteiger charge is -2.27. The summed E-state index contributed by atoms with van der Waals surface area (Å²) in [5, 5.41) is 9.51. The molecule has 0 fully saturated rings. The zero-order valence-electron chi connectivity index (χ0n) is 13.8. The van der Waals surface area contributed by atoms with Gasteiger partial charge in [-0.2, -0.15) is 5.26 Å². The Morgan fingerprint density at radius 3 is 2.65 bits per heavy atom. The molecule has 1 aromatic rings. The fourth-order valence-corrected chi connectivity index (χ4v) is 2.82. The lowest BCUT2D eigenvalue weighted by Crippen LogP contribution is -2.26. The number of carbonyl (C=O) groups is 1. The second-order valence-corrected chi connectivity index (χ2v) is 5.48. The van der Waals surface area contributed by atoms with Crippen molar-refractivity contribution in [2.24, 2.45) is 5.73 Å². The summed E-state index contributed by atoms with van der Waals surface area (Å²) in [6.45, 7) is 7.57. The van der Waals surface area contributed by atoms with Crippen LogP contribution in [0.5, 0.6) is 0 Å². The van der Waals surface area contributed by atoms with Crippen molar-refractivity contribution in [3.8, 4) is 6.07 Å². The van der Waals surface area contributed by atoms with Crippen molar-refractivity contribution in [3.63, 3.8) is 0 Å². The highest BCUT2D eigenvalue weighted by Crippen LogP contribution is 2.40. The van der Waals surface area contributed by atoms with Gasteiger partial charge in [-0.25, -0.2) is 4.79 Å². The molecule has 1 aliphatic heterocycles. The number of carbonyl (C=O) groups excluding carboxylic acids is 1. The van der Waals surface area contributed by atoms with Gasteiger partial charge in [0.2, 0.25) is 5.88 Å². The highest BCUT2D eigenvalue weighted by atomic mass is 16.5. The van der Waals surface area contributed by atoms with E-state index in [2.05, 4.69) is 6.07 Å². The molecule has 0 spiro atoms. The summed E-state index contributed by atoms with van der Waals surface area (Å²) >= 11 is 0. The number of hydrogen-bond donors (Lipinski definition) is 1. The molecule has 0 amide bonds. The molecule has 0 saturated heterocycles. The number of hydrogen-bond acceptors (Lipinski definition) is 5. The van der Waals surface area contributed by atoms with E-state index in [0.717, 1.165) is 16.7 Å². The molecule has 0 saturated carbocycles. The molecule has 0 bridgehead atoms. The van der Waals surface area contributed by atoms with E-state index in [1.807, 2.05) is 32.0 Å². The molecule has 2 N–H and O–H groups in total. The molecule has 5 nitrogen and oxygen atoms in total. The molecule has 0 unspecified atom stereocenters. The van der Waals surface area contributed by atoms with Crippen molar-refractivity contribution < 1.29 is 14.3 Å². The smallest absolute Gasteiger partial charge is 0.338 e. The Labute approximate surface area is 136 Å².